The van der Waals surface area contributed by atoms with Gasteiger partial charge >= 0.3 is 5.97 Å². The predicted octanol–water partition coefficient (Wildman–Crippen LogP) is 3.26. The quantitative estimate of drug-likeness (QED) is 0.0329. The second kappa shape index (κ2) is 23.1. The van der Waals surface area contributed by atoms with E-state index in [2.05, 4.69) is 20.5 Å². The average molecular weight is 1070 g/mol. The number of amides is 6. The number of carbonyl (C=O) groups excluding carboxylic acids is 6. The highest BCUT2D eigenvalue weighted by molar-refractivity contribution is 8.00. The van der Waals surface area contributed by atoms with E-state index in [0.717, 1.165) is 28.0 Å². The molecule has 1 fully saturated rings. The number of imidazole rings is 1. The summed E-state index contributed by atoms with van der Waals surface area (Å²) in [6.07, 6.45) is 3.80. The first-order valence-corrected chi connectivity index (χ1v) is 25.7. The van der Waals surface area contributed by atoms with E-state index in [4.69, 9.17) is 41.7 Å². The van der Waals surface area contributed by atoms with Crippen LogP contribution in [0.15, 0.2) is 54.6 Å². The number of thioether (sulfide) groups is 1. The molecule has 7 heterocycles. The van der Waals surface area contributed by atoms with Gasteiger partial charge in [0.25, 0.3) is 11.8 Å². The summed E-state index contributed by atoms with van der Waals surface area (Å²) < 4.78 is 19.3. The van der Waals surface area contributed by atoms with Crippen molar-refractivity contribution in [3.63, 3.8) is 0 Å². The van der Waals surface area contributed by atoms with Gasteiger partial charge in [-0.1, -0.05) is 12.2 Å². The summed E-state index contributed by atoms with van der Waals surface area (Å²) in [6, 6.07) is 10.7. The number of hydrogen-bond donors (Lipinski definition) is 5. The zero-order valence-electron chi connectivity index (χ0n) is 43.3. The van der Waals surface area contributed by atoms with E-state index >= 15 is 0 Å². The Balaban J connectivity index is 1.07. The van der Waals surface area contributed by atoms with Crippen LogP contribution in [0.5, 0.6) is 11.5 Å². The Labute approximate surface area is 444 Å². The van der Waals surface area contributed by atoms with Crippen LogP contribution in [0.1, 0.15) is 75.8 Å². The first-order valence-electron chi connectivity index (χ1n) is 24.7. The maximum atomic E-state index is 14.0. The number of carbonyl (C=O) groups is 7. The Kier molecular flexibility index (Phi) is 16.4. The molecule has 6 amide bonds. The molecular formula is C51H59N15O10S. The molecule has 0 bridgehead atoms. The van der Waals surface area contributed by atoms with Gasteiger partial charge in [0.05, 0.1) is 47.3 Å². The average Bonchev–Trinajstić information content (AvgIpc) is 4.27. The summed E-state index contributed by atoms with van der Waals surface area (Å²) in [5.41, 5.74) is 22.7. The summed E-state index contributed by atoms with van der Waals surface area (Å²) in [5.74, 6) is -3.83. The van der Waals surface area contributed by atoms with Gasteiger partial charge in [0.15, 0.2) is 0 Å². The van der Waals surface area contributed by atoms with Crippen LogP contribution in [0.2, 0.25) is 0 Å². The molecule has 404 valence electrons. The zero-order valence-corrected chi connectivity index (χ0v) is 44.1. The number of carboxylic acids is 1. The molecule has 2 unspecified atom stereocenters. The maximum Gasteiger partial charge on any atom is 0.321 e. The first-order chi connectivity index (χ1) is 36.8. The van der Waals surface area contributed by atoms with Crippen molar-refractivity contribution >= 4 is 92.2 Å². The Bertz CT molecular complexity index is 3520. The lowest BCUT2D eigenvalue weighted by atomic mass is 10.1. The van der Waals surface area contributed by atoms with Gasteiger partial charge in [0.2, 0.25) is 29.6 Å². The molecule has 0 spiro atoms. The van der Waals surface area contributed by atoms with E-state index < -0.39 is 46.8 Å². The topological polar surface area (TPSA) is 339 Å². The van der Waals surface area contributed by atoms with Crippen LogP contribution in [-0.2, 0) is 45.4 Å². The van der Waals surface area contributed by atoms with Crippen molar-refractivity contribution in [2.24, 2.45) is 17.2 Å². The third-order valence-electron chi connectivity index (χ3n) is 12.9. The second-order valence-corrected chi connectivity index (χ2v) is 19.5. The fraction of sp³-hybridized carbons (Fsp3) is 0.373. The van der Waals surface area contributed by atoms with Crippen LogP contribution in [0.4, 0.5) is 5.95 Å². The molecule has 25 nitrogen and oxygen atoms in total. The van der Waals surface area contributed by atoms with Crippen molar-refractivity contribution in [2.75, 3.05) is 44.9 Å². The highest BCUT2D eigenvalue weighted by Gasteiger charge is 2.39. The molecule has 0 radical (unpaired) electrons. The molecular weight excluding hydrogens is 1010 g/mol. The number of anilines is 1. The lowest BCUT2D eigenvalue weighted by Crippen LogP contribution is -2.37. The highest BCUT2D eigenvalue weighted by atomic mass is 32.2. The zero-order chi connectivity index (χ0) is 55.4. The number of primary amides is 2. The molecule has 1 saturated heterocycles. The van der Waals surface area contributed by atoms with Gasteiger partial charge in [-0.05, 0) is 70.5 Å². The number of nitrogens with one attached hydrogen (secondary N) is 1. The van der Waals surface area contributed by atoms with E-state index in [0.29, 0.717) is 69.9 Å². The van der Waals surface area contributed by atoms with Crippen LogP contribution in [0.25, 0.3) is 44.5 Å². The SMILES string of the molecule is CCn1nc(C)cc1C(=O)Nc1nc2cc(C(N)=O)cc(OCCCN(C)C(=O)CCN3C(=O)CC(SCC(N)C(=O)O)C3=O)c2n1C/C=C/Cn1c2nc(-c3cc(C)nn3CC)ccc2c2nc(C(N)=O)cc(OC)c21. The van der Waals surface area contributed by atoms with Crippen molar-refractivity contribution < 1.29 is 48.1 Å². The minimum Gasteiger partial charge on any atom is -0.494 e. The molecule has 8 rings (SSSR count). The molecule has 6 aromatic heterocycles. The molecule has 8 N–H and O–H groups in total. The Morgan fingerprint density at radius 1 is 0.909 bits per heavy atom. The largest absolute Gasteiger partial charge is 0.494 e. The van der Waals surface area contributed by atoms with Crippen molar-refractivity contribution in [3.8, 4) is 22.9 Å². The maximum absolute atomic E-state index is 14.0. The van der Waals surface area contributed by atoms with Gasteiger partial charge in [-0.2, -0.15) is 10.2 Å². The van der Waals surface area contributed by atoms with Gasteiger partial charge in [-0.15, -0.1) is 11.8 Å². The summed E-state index contributed by atoms with van der Waals surface area (Å²) in [7, 11) is 3.07. The van der Waals surface area contributed by atoms with Crippen molar-refractivity contribution in [2.45, 2.75) is 84.4 Å². The molecule has 0 saturated carbocycles. The number of aryl methyl sites for hydroxylation is 4. The number of benzene rings is 1. The number of aromatic nitrogens is 9. The van der Waals surface area contributed by atoms with Crippen molar-refractivity contribution in [3.05, 3.63) is 83.0 Å². The van der Waals surface area contributed by atoms with E-state index in [1.807, 2.05) is 60.4 Å². The number of likely N-dealkylation sites (tertiary alicyclic amines) is 1. The molecule has 1 aromatic carbocycles. The van der Waals surface area contributed by atoms with E-state index in [1.165, 1.54) is 30.2 Å². The van der Waals surface area contributed by atoms with Gasteiger partial charge in [0, 0.05) is 81.9 Å². The van der Waals surface area contributed by atoms with Crippen LogP contribution in [-0.4, -0.2) is 151 Å². The number of nitrogens with two attached hydrogens (primary N) is 3. The van der Waals surface area contributed by atoms with Gasteiger partial charge < -0.3 is 45.8 Å². The number of aliphatic carboxylic acids is 1. The highest BCUT2D eigenvalue weighted by Crippen LogP contribution is 2.36. The monoisotopic (exact) mass is 1070 g/mol. The number of hydrogen-bond acceptors (Lipinski definition) is 16. The number of imide groups is 1. The van der Waals surface area contributed by atoms with Gasteiger partial charge in [0.1, 0.15) is 51.1 Å². The Hall–Kier alpha value is -8.65. The summed E-state index contributed by atoms with van der Waals surface area (Å²) in [4.78, 5) is 106. The number of methoxy groups -OCH3 is 1. The number of ether oxygens (including phenoxy) is 2. The Morgan fingerprint density at radius 2 is 1.62 bits per heavy atom. The third kappa shape index (κ3) is 11.5. The van der Waals surface area contributed by atoms with Gasteiger partial charge in [-0.25, -0.2) is 15.0 Å². The minimum atomic E-state index is -1.21. The summed E-state index contributed by atoms with van der Waals surface area (Å²) in [6.45, 7) is 9.02. The first kappa shape index (κ1) is 54.6. The molecule has 0 aliphatic carbocycles. The van der Waals surface area contributed by atoms with Crippen molar-refractivity contribution in [1.82, 2.24) is 53.4 Å². The molecule has 26 heteroatoms. The number of allylic oxidation sites excluding steroid dienone is 2. The Morgan fingerprint density at radius 3 is 2.31 bits per heavy atom. The minimum absolute atomic E-state index is 0.0175. The molecule has 1 aliphatic heterocycles. The molecule has 2 atom stereocenters. The number of pyridine rings is 2. The van der Waals surface area contributed by atoms with E-state index in [9.17, 15) is 33.6 Å². The van der Waals surface area contributed by atoms with Crippen LogP contribution < -0.4 is 32.0 Å². The lowest BCUT2D eigenvalue weighted by molar-refractivity contribution is -0.140. The summed E-state index contributed by atoms with van der Waals surface area (Å²) >= 11 is 1.000. The van der Waals surface area contributed by atoms with Crippen LogP contribution >= 0.6 is 11.8 Å². The number of rotatable bonds is 24. The van der Waals surface area contributed by atoms with Crippen molar-refractivity contribution in [1.29, 1.82) is 0 Å². The summed E-state index contributed by atoms with van der Waals surface area (Å²) in [5, 5.41) is 20.9. The lowest BCUT2D eigenvalue weighted by Gasteiger charge is -2.20. The molecule has 7 aromatic rings. The molecule has 1 aliphatic rings. The number of nitrogens with zero attached hydrogens (tertiary/aromatic N) is 11. The van der Waals surface area contributed by atoms with E-state index in [1.54, 1.807) is 29.3 Å². The fourth-order valence-corrected chi connectivity index (χ4v) is 10.2. The number of fused-ring (bicyclic) bond motifs is 4. The smallest absolute Gasteiger partial charge is 0.321 e. The van der Waals surface area contributed by atoms with Crippen LogP contribution in [0, 0.1) is 13.8 Å². The predicted molar refractivity (Wildman–Crippen MR) is 285 cm³/mol. The van der Waals surface area contributed by atoms with E-state index in [-0.39, 0.29) is 85.8 Å². The third-order valence-corrected chi connectivity index (χ3v) is 14.2. The normalized spacial score (nSPS) is 14.1. The van der Waals surface area contributed by atoms with Crippen LogP contribution in [0.3, 0.4) is 0 Å². The second-order valence-electron chi connectivity index (χ2n) is 18.2. The number of carboxylic acid groups (broad SMARTS) is 1. The van der Waals surface area contributed by atoms with Gasteiger partial charge in [-0.3, -0.25) is 53.1 Å². The molecule has 77 heavy (non-hydrogen) atoms. The standard InChI is InChI=1S/C51H59N15O10S/c1-7-65-35(20-27(3)59-65)32-13-12-30-42-44(37(75-6)24-34(55-42)46(54)70)63(47(30)56-32)16-9-10-17-64-43-33(57-51(64)58-48(71)36-21-28(4)60-66(36)8-2)22-29(45(53)69)23-38(43)76-19-11-15-61(5)40(67)14-18-62-41(68)25-39(49(62)72)77-26-31(52)50(73)74/h9-10,12-13,20-24,31,39H,7-8,11,14-19,25-26,52H2,1-6H3,(H2,53,69)(H2,54,70)(H,73,74)(H,57,58,71)/b10-9+. The fourth-order valence-electron chi connectivity index (χ4n) is 9.07.